The lowest BCUT2D eigenvalue weighted by atomic mass is 9.79. The van der Waals surface area contributed by atoms with Gasteiger partial charge in [-0.05, 0) is 19.3 Å². The predicted molar refractivity (Wildman–Crippen MR) is 68.6 cm³/mol. The van der Waals surface area contributed by atoms with Gasteiger partial charge in [-0.25, -0.2) is 8.42 Å². The van der Waals surface area contributed by atoms with Gasteiger partial charge in [-0.2, -0.15) is 0 Å². The van der Waals surface area contributed by atoms with E-state index in [1.165, 1.54) is 12.7 Å². The third kappa shape index (κ3) is 6.17. The number of Topliss-reactive ketones (excluding diaryl/α,β-unsaturated/α-hetero) is 1. The Labute approximate surface area is 104 Å². The molecule has 0 heterocycles. The fraction of sp³-hybridized carbons (Fsp3) is 0.917. The molecule has 1 rings (SSSR count). The van der Waals surface area contributed by atoms with E-state index in [9.17, 15) is 13.2 Å². The van der Waals surface area contributed by atoms with E-state index in [4.69, 9.17) is 5.73 Å². The first kappa shape index (κ1) is 14.6. The van der Waals surface area contributed by atoms with Crippen molar-refractivity contribution in [1.29, 1.82) is 0 Å². The first-order valence-electron chi connectivity index (χ1n) is 6.29. The van der Waals surface area contributed by atoms with Crippen LogP contribution in [0, 0.1) is 0 Å². The SMILES string of the molecule is CS(=O)(=O)CCCC(=O)CC1(N)CCCCC1. The lowest BCUT2D eigenvalue weighted by molar-refractivity contribution is -0.120. The molecule has 0 aromatic carbocycles. The highest BCUT2D eigenvalue weighted by molar-refractivity contribution is 7.90. The van der Waals surface area contributed by atoms with Crippen molar-refractivity contribution in [2.24, 2.45) is 5.73 Å². The Morgan fingerprint density at radius 2 is 1.82 bits per heavy atom. The van der Waals surface area contributed by atoms with Crippen LogP contribution in [0.15, 0.2) is 0 Å². The maximum Gasteiger partial charge on any atom is 0.147 e. The third-order valence-electron chi connectivity index (χ3n) is 3.37. The van der Waals surface area contributed by atoms with Crippen molar-refractivity contribution in [2.75, 3.05) is 12.0 Å². The Hall–Kier alpha value is -0.420. The minimum atomic E-state index is -2.95. The zero-order valence-electron chi connectivity index (χ0n) is 10.6. The van der Waals surface area contributed by atoms with Gasteiger partial charge in [0.15, 0.2) is 0 Å². The number of ketones is 1. The summed E-state index contributed by atoms with van der Waals surface area (Å²) < 4.78 is 21.9. The smallest absolute Gasteiger partial charge is 0.147 e. The molecule has 0 radical (unpaired) electrons. The van der Waals surface area contributed by atoms with Gasteiger partial charge in [0.25, 0.3) is 0 Å². The van der Waals surface area contributed by atoms with Crippen molar-refractivity contribution < 1.29 is 13.2 Å². The van der Waals surface area contributed by atoms with Gasteiger partial charge >= 0.3 is 0 Å². The van der Waals surface area contributed by atoms with Crippen molar-refractivity contribution in [1.82, 2.24) is 0 Å². The second-order valence-corrected chi connectivity index (χ2v) is 7.63. The number of hydrogen-bond donors (Lipinski definition) is 1. The summed E-state index contributed by atoms with van der Waals surface area (Å²) in [5.41, 5.74) is 5.86. The van der Waals surface area contributed by atoms with Crippen LogP contribution in [-0.4, -0.2) is 31.7 Å². The molecule has 0 unspecified atom stereocenters. The predicted octanol–water partition coefficient (Wildman–Crippen LogP) is 1.43. The lowest BCUT2D eigenvalue weighted by Crippen LogP contribution is -2.43. The number of rotatable bonds is 6. The summed E-state index contributed by atoms with van der Waals surface area (Å²) >= 11 is 0. The average Bonchev–Trinajstić information content (AvgIpc) is 2.15. The van der Waals surface area contributed by atoms with Gasteiger partial charge in [-0.1, -0.05) is 19.3 Å². The summed E-state index contributed by atoms with van der Waals surface area (Å²) in [7, 11) is -2.95. The summed E-state index contributed by atoms with van der Waals surface area (Å²) in [6.45, 7) is 0. The van der Waals surface area contributed by atoms with Crippen molar-refractivity contribution >= 4 is 15.6 Å². The van der Waals surface area contributed by atoms with Gasteiger partial charge in [-0.15, -0.1) is 0 Å². The number of nitrogens with two attached hydrogens (primary N) is 1. The molecular weight excluding hydrogens is 238 g/mol. The number of carbonyl (C=O) groups is 1. The molecule has 0 aliphatic heterocycles. The van der Waals surface area contributed by atoms with E-state index in [-0.39, 0.29) is 17.1 Å². The minimum absolute atomic E-state index is 0.0936. The Bertz CT molecular complexity index is 356. The highest BCUT2D eigenvalue weighted by Crippen LogP contribution is 2.29. The molecule has 0 aromatic heterocycles. The van der Waals surface area contributed by atoms with Gasteiger partial charge in [0, 0.05) is 24.6 Å². The number of carbonyl (C=O) groups excluding carboxylic acids is 1. The molecule has 0 spiro atoms. The molecule has 17 heavy (non-hydrogen) atoms. The van der Waals surface area contributed by atoms with Crippen LogP contribution in [0.5, 0.6) is 0 Å². The zero-order valence-corrected chi connectivity index (χ0v) is 11.4. The lowest BCUT2D eigenvalue weighted by Gasteiger charge is -2.32. The van der Waals surface area contributed by atoms with E-state index in [1.54, 1.807) is 0 Å². The highest BCUT2D eigenvalue weighted by Gasteiger charge is 2.29. The largest absolute Gasteiger partial charge is 0.325 e. The molecule has 1 fully saturated rings. The van der Waals surface area contributed by atoms with Crippen LogP contribution in [0.3, 0.4) is 0 Å². The summed E-state index contributed by atoms with van der Waals surface area (Å²) in [6.07, 6.45) is 7.64. The quantitative estimate of drug-likeness (QED) is 0.784. The van der Waals surface area contributed by atoms with Crippen LogP contribution < -0.4 is 5.73 Å². The van der Waals surface area contributed by atoms with E-state index >= 15 is 0 Å². The fourth-order valence-electron chi connectivity index (χ4n) is 2.45. The van der Waals surface area contributed by atoms with E-state index in [0.29, 0.717) is 19.3 Å². The van der Waals surface area contributed by atoms with Crippen molar-refractivity contribution in [3.05, 3.63) is 0 Å². The van der Waals surface area contributed by atoms with Crippen LogP contribution in [0.4, 0.5) is 0 Å². The standard InChI is InChI=1S/C12H23NO3S/c1-17(15,16)9-5-6-11(14)10-12(13)7-3-2-4-8-12/h2-10,13H2,1H3. The molecule has 2 N–H and O–H groups in total. The topological polar surface area (TPSA) is 77.2 Å². The van der Waals surface area contributed by atoms with E-state index in [1.807, 2.05) is 0 Å². The van der Waals surface area contributed by atoms with Gasteiger partial charge in [0.2, 0.25) is 0 Å². The maximum atomic E-state index is 11.7. The molecule has 5 heteroatoms. The van der Waals surface area contributed by atoms with Crippen LogP contribution >= 0.6 is 0 Å². The Morgan fingerprint density at radius 1 is 1.24 bits per heavy atom. The molecule has 100 valence electrons. The normalized spacial score (nSPS) is 20.1. The summed E-state index contributed by atoms with van der Waals surface area (Å²) in [6, 6.07) is 0. The fourth-order valence-corrected chi connectivity index (χ4v) is 3.11. The van der Waals surface area contributed by atoms with Crippen LogP contribution in [-0.2, 0) is 14.6 Å². The monoisotopic (exact) mass is 261 g/mol. The Balaban J connectivity index is 2.29. The number of hydrogen-bond acceptors (Lipinski definition) is 4. The molecule has 1 saturated carbocycles. The Kier molecular flexibility index (Phi) is 5.13. The van der Waals surface area contributed by atoms with Gasteiger partial charge in [0.05, 0.1) is 5.75 Å². The van der Waals surface area contributed by atoms with E-state index in [2.05, 4.69) is 0 Å². The maximum absolute atomic E-state index is 11.7. The van der Waals surface area contributed by atoms with Gasteiger partial charge < -0.3 is 5.73 Å². The summed E-state index contributed by atoms with van der Waals surface area (Å²) in [5, 5.41) is 0. The summed E-state index contributed by atoms with van der Waals surface area (Å²) in [4.78, 5) is 11.7. The third-order valence-corrected chi connectivity index (χ3v) is 4.40. The highest BCUT2D eigenvalue weighted by atomic mass is 32.2. The van der Waals surface area contributed by atoms with Crippen molar-refractivity contribution in [3.63, 3.8) is 0 Å². The second kappa shape index (κ2) is 5.96. The molecular formula is C12H23NO3S. The van der Waals surface area contributed by atoms with Crippen LogP contribution in [0.1, 0.15) is 51.4 Å². The first-order chi connectivity index (χ1) is 7.81. The van der Waals surface area contributed by atoms with Gasteiger partial charge in [-0.3, -0.25) is 4.79 Å². The van der Waals surface area contributed by atoms with Crippen LogP contribution in [0.2, 0.25) is 0 Å². The molecule has 0 atom stereocenters. The van der Waals surface area contributed by atoms with Crippen LogP contribution in [0.25, 0.3) is 0 Å². The molecule has 1 aliphatic rings. The van der Waals surface area contributed by atoms with E-state index < -0.39 is 9.84 Å². The minimum Gasteiger partial charge on any atom is -0.325 e. The zero-order chi connectivity index (χ0) is 12.9. The molecule has 4 nitrogen and oxygen atoms in total. The van der Waals surface area contributed by atoms with Crippen molar-refractivity contribution in [2.45, 2.75) is 56.9 Å². The van der Waals surface area contributed by atoms with Crippen molar-refractivity contribution in [3.8, 4) is 0 Å². The van der Waals surface area contributed by atoms with Gasteiger partial charge in [0.1, 0.15) is 15.6 Å². The first-order valence-corrected chi connectivity index (χ1v) is 8.35. The van der Waals surface area contributed by atoms with E-state index in [0.717, 1.165) is 25.7 Å². The average molecular weight is 261 g/mol. The molecule has 0 aromatic rings. The molecule has 1 aliphatic carbocycles. The molecule has 0 amide bonds. The Morgan fingerprint density at radius 3 is 2.35 bits per heavy atom. The second-order valence-electron chi connectivity index (χ2n) is 5.37. The summed E-state index contributed by atoms with van der Waals surface area (Å²) in [5.74, 6) is 0.203. The number of sulfone groups is 1. The molecule has 0 saturated heterocycles. The molecule has 0 bridgehead atoms.